The minimum atomic E-state index is -0.597. The van der Waals surface area contributed by atoms with Crippen molar-refractivity contribution in [2.45, 2.75) is 38.0 Å². The fourth-order valence-corrected chi connectivity index (χ4v) is 3.82. The molecule has 0 amide bonds. The zero-order valence-corrected chi connectivity index (χ0v) is 16.4. The molecule has 3 aromatic rings. The van der Waals surface area contributed by atoms with Gasteiger partial charge in [0.25, 0.3) is 5.56 Å². The highest BCUT2D eigenvalue weighted by Crippen LogP contribution is 2.33. The van der Waals surface area contributed by atoms with E-state index in [-0.39, 0.29) is 28.5 Å². The lowest BCUT2D eigenvalue weighted by atomic mass is 9.89. The van der Waals surface area contributed by atoms with Gasteiger partial charge >= 0.3 is 0 Å². The van der Waals surface area contributed by atoms with Crippen LogP contribution in [0.3, 0.4) is 0 Å². The van der Waals surface area contributed by atoms with Gasteiger partial charge in [-0.15, -0.1) is 0 Å². The third-order valence-corrected chi connectivity index (χ3v) is 5.84. The molecular formula is C19H17Cl2FN4O2. The smallest absolute Gasteiger partial charge is 0.261 e. The molecule has 4 rings (SSSR count). The van der Waals surface area contributed by atoms with Gasteiger partial charge in [-0.25, -0.2) is 9.37 Å². The summed E-state index contributed by atoms with van der Waals surface area (Å²) in [6, 6.07) is 2.42. The van der Waals surface area contributed by atoms with Crippen molar-refractivity contribution in [3.63, 3.8) is 0 Å². The molecule has 1 saturated carbocycles. The van der Waals surface area contributed by atoms with Crippen molar-refractivity contribution >= 4 is 39.8 Å². The van der Waals surface area contributed by atoms with Crippen molar-refractivity contribution in [1.82, 2.24) is 14.5 Å². The predicted molar refractivity (Wildman–Crippen MR) is 107 cm³/mol. The molecule has 1 aliphatic carbocycles. The maximum absolute atomic E-state index is 14.6. The van der Waals surface area contributed by atoms with Gasteiger partial charge in [0.15, 0.2) is 5.82 Å². The molecule has 1 atom stereocenters. The number of hydrogen-bond donors (Lipinski definition) is 2. The second-order valence-electron chi connectivity index (χ2n) is 6.98. The van der Waals surface area contributed by atoms with Crippen molar-refractivity contribution in [2.24, 2.45) is 0 Å². The Morgan fingerprint density at radius 3 is 2.79 bits per heavy atom. The van der Waals surface area contributed by atoms with Crippen LogP contribution < -0.4 is 10.9 Å². The maximum Gasteiger partial charge on any atom is 0.261 e. The second kappa shape index (κ2) is 7.31. The molecule has 0 spiro atoms. The van der Waals surface area contributed by atoms with Gasteiger partial charge in [0.2, 0.25) is 0 Å². The normalized spacial score (nSPS) is 20.0. The van der Waals surface area contributed by atoms with Gasteiger partial charge in [0.05, 0.1) is 33.9 Å². The molecule has 1 fully saturated rings. The summed E-state index contributed by atoms with van der Waals surface area (Å²) in [5, 5.41) is 13.5. The average Bonchev–Trinajstić information content (AvgIpc) is 2.62. The summed E-state index contributed by atoms with van der Waals surface area (Å²) in [6.45, 7) is 1.83. The average molecular weight is 423 g/mol. The monoisotopic (exact) mass is 422 g/mol. The highest BCUT2D eigenvalue weighted by atomic mass is 35.5. The van der Waals surface area contributed by atoms with E-state index in [2.05, 4.69) is 15.3 Å². The fraction of sp³-hybridized carbons (Fsp3) is 0.316. The van der Waals surface area contributed by atoms with Crippen LogP contribution >= 0.6 is 23.2 Å². The molecule has 146 valence electrons. The van der Waals surface area contributed by atoms with Crippen LogP contribution in [0, 0.1) is 5.82 Å². The largest absolute Gasteiger partial charge is 0.393 e. The molecule has 28 heavy (non-hydrogen) atoms. The van der Waals surface area contributed by atoms with Crippen molar-refractivity contribution < 1.29 is 9.50 Å². The molecule has 2 heterocycles. The van der Waals surface area contributed by atoms with E-state index in [4.69, 9.17) is 23.2 Å². The van der Waals surface area contributed by atoms with Gasteiger partial charge in [0, 0.05) is 29.7 Å². The molecule has 0 aliphatic heterocycles. The fourth-order valence-electron chi connectivity index (χ4n) is 3.40. The molecule has 0 saturated heterocycles. The Balaban J connectivity index is 1.70. The third-order valence-electron chi connectivity index (χ3n) is 5.04. The Morgan fingerprint density at radius 2 is 2.07 bits per heavy atom. The number of nitrogens with one attached hydrogen (secondary N) is 1. The Kier molecular flexibility index (Phi) is 4.99. The lowest BCUT2D eigenvalue weighted by molar-refractivity contribution is 0.0469. The van der Waals surface area contributed by atoms with Crippen LogP contribution in [0.5, 0.6) is 0 Å². The molecule has 1 aromatic carbocycles. The molecule has 9 heteroatoms. The molecule has 1 unspecified atom stereocenters. The molecular weight excluding hydrogens is 406 g/mol. The summed E-state index contributed by atoms with van der Waals surface area (Å²) >= 11 is 12.2. The maximum atomic E-state index is 14.6. The van der Waals surface area contributed by atoms with Crippen LogP contribution in [0.4, 0.5) is 10.1 Å². The minimum Gasteiger partial charge on any atom is -0.393 e. The Labute approximate surface area is 170 Å². The van der Waals surface area contributed by atoms with Gasteiger partial charge < -0.3 is 10.4 Å². The van der Waals surface area contributed by atoms with Gasteiger partial charge in [-0.1, -0.05) is 23.2 Å². The molecule has 6 nitrogen and oxygen atoms in total. The highest BCUT2D eigenvalue weighted by molar-refractivity contribution is 6.42. The predicted octanol–water partition coefficient (Wildman–Crippen LogP) is 4.11. The molecule has 0 bridgehead atoms. The number of aliphatic hydroxyl groups is 1. The number of benzene rings is 1. The number of hydrogen-bond acceptors (Lipinski definition) is 5. The number of pyridine rings is 1. The van der Waals surface area contributed by atoms with Crippen molar-refractivity contribution in [3.05, 3.63) is 62.6 Å². The zero-order valence-electron chi connectivity index (χ0n) is 14.9. The van der Waals surface area contributed by atoms with Crippen LogP contribution in [0.15, 0.2) is 35.6 Å². The number of rotatable bonds is 4. The number of aromatic nitrogens is 3. The number of nitrogens with zero attached hydrogens (tertiary/aromatic N) is 3. The summed E-state index contributed by atoms with van der Waals surface area (Å²) in [7, 11) is 0. The highest BCUT2D eigenvalue weighted by Gasteiger charge is 2.30. The Bertz CT molecular complexity index is 1120. The molecule has 0 radical (unpaired) electrons. The molecule has 1 aliphatic rings. The van der Waals surface area contributed by atoms with Crippen molar-refractivity contribution in [2.75, 3.05) is 5.32 Å². The summed E-state index contributed by atoms with van der Waals surface area (Å²) in [4.78, 5) is 21.0. The lowest BCUT2D eigenvalue weighted by Crippen LogP contribution is -2.36. The zero-order chi connectivity index (χ0) is 20.0. The van der Waals surface area contributed by atoms with E-state index in [0.717, 1.165) is 0 Å². The van der Waals surface area contributed by atoms with E-state index in [0.29, 0.717) is 34.1 Å². The van der Waals surface area contributed by atoms with E-state index in [1.165, 1.54) is 23.2 Å². The first-order valence-electron chi connectivity index (χ1n) is 8.79. The first-order chi connectivity index (χ1) is 13.3. The van der Waals surface area contributed by atoms with Crippen LogP contribution in [-0.2, 0) is 0 Å². The van der Waals surface area contributed by atoms with Crippen molar-refractivity contribution in [1.29, 1.82) is 0 Å². The second-order valence-corrected chi connectivity index (χ2v) is 7.77. The van der Waals surface area contributed by atoms with E-state index in [1.54, 1.807) is 12.3 Å². The molecule has 2 N–H and O–H groups in total. The van der Waals surface area contributed by atoms with Crippen LogP contribution in [-0.4, -0.2) is 25.7 Å². The number of aliphatic hydroxyl groups excluding tert-OH is 1. The number of halogens is 3. The first kappa shape index (κ1) is 19.1. The minimum absolute atomic E-state index is 0.0155. The summed E-state index contributed by atoms with van der Waals surface area (Å²) in [6.07, 6.45) is 4.95. The van der Waals surface area contributed by atoms with Crippen LogP contribution in [0.1, 0.15) is 37.4 Å². The number of anilines is 1. The SMILES string of the molecule is CC(Nc1cc(F)c2ncn(C3CC(O)C3)c(=O)c2c1)c1cncc(Cl)c1Cl. The topological polar surface area (TPSA) is 80.0 Å². The van der Waals surface area contributed by atoms with E-state index >= 15 is 0 Å². The standard InChI is InChI=1S/C19H17Cl2FN4O2/c1-9(14-6-23-7-15(20)17(14)21)25-10-2-13-18(16(22)3-10)24-8-26(19(13)28)11-4-12(27)5-11/h2-3,6-9,11-12,25,27H,4-5H2,1H3. The summed E-state index contributed by atoms with van der Waals surface area (Å²) in [5.74, 6) is -0.597. The van der Waals surface area contributed by atoms with Crippen LogP contribution in [0.25, 0.3) is 10.9 Å². The van der Waals surface area contributed by atoms with E-state index in [1.807, 2.05) is 6.92 Å². The lowest BCUT2D eigenvalue weighted by Gasteiger charge is -2.32. The number of fused-ring (bicyclic) bond motifs is 1. The van der Waals surface area contributed by atoms with Crippen molar-refractivity contribution in [3.8, 4) is 0 Å². The summed E-state index contributed by atoms with van der Waals surface area (Å²) < 4.78 is 16.0. The van der Waals surface area contributed by atoms with Gasteiger partial charge in [-0.3, -0.25) is 14.3 Å². The Morgan fingerprint density at radius 1 is 1.32 bits per heavy atom. The van der Waals surface area contributed by atoms with Crippen LogP contribution in [0.2, 0.25) is 10.0 Å². The summed E-state index contributed by atoms with van der Waals surface area (Å²) in [5.41, 5.74) is 0.752. The Hall–Kier alpha value is -2.22. The van der Waals surface area contributed by atoms with E-state index < -0.39 is 11.9 Å². The first-order valence-corrected chi connectivity index (χ1v) is 9.54. The quantitative estimate of drug-likeness (QED) is 0.661. The van der Waals surface area contributed by atoms with Gasteiger partial charge in [-0.2, -0.15) is 0 Å². The van der Waals surface area contributed by atoms with Gasteiger partial charge in [0.1, 0.15) is 5.52 Å². The molecule has 2 aromatic heterocycles. The van der Waals surface area contributed by atoms with Gasteiger partial charge in [-0.05, 0) is 31.9 Å². The van der Waals surface area contributed by atoms with E-state index in [9.17, 15) is 14.3 Å². The third kappa shape index (κ3) is 3.34.